The minimum atomic E-state index is -4.53. The van der Waals surface area contributed by atoms with Crippen molar-refractivity contribution in [1.82, 2.24) is 10.3 Å². The second kappa shape index (κ2) is 6.95. The molecule has 0 bridgehead atoms. The molecule has 0 aliphatic carbocycles. The first-order valence-corrected chi connectivity index (χ1v) is 6.81. The molecule has 0 radical (unpaired) electrons. The number of alkyl halides is 3. The van der Waals surface area contributed by atoms with E-state index in [1.165, 1.54) is 0 Å². The number of rotatable bonds is 6. The van der Waals surface area contributed by atoms with Gasteiger partial charge in [-0.2, -0.15) is 13.2 Å². The van der Waals surface area contributed by atoms with Gasteiger partial charge in [0.2, 0.25) is 5.91 Å². The number of amides is 1. The zero-order valence-electron chi connectivity index (χ0n) is 12.7. The van der Waals surface area contributed by atoms with Crippen LogP contribution in [0.1, 0.15) is 32.0 Å². The fraction of sp³-hybridized carbons (Fsp3) is 0.571. The number of anilines is 1. The van der Waals surface area contributed by atoms with Crippen LogP contribution in [-0.4, -0.2) is 29.1 Å². The molecule has 1 rings (SSSR count). The van der Waals surface area contributed by atoms with Gasteiger partial charge in [0.25, 0.3) is 0 Å². The summed E-state index contributed by atoms with van der Waals surface area (Å²) in [6, 6.07) is 1.65. The second-order valence-corrected chi connectivity index (χ2v) is 5.49. The van der Waals surface area contributed by atoms with Crippen molar-refractivity contribution in [3.8, 4) is 0 Å². The Labute approximate surface area is 126 Å². The maximum Gasteiger partial charge on any atom is 0.416 e. The summed E-state index contributed by atoms with van der Waals surface area (Å²) in [6.07, 6.45) is -4.53. The number of nitrogens with one attached hydrogen (secondary N) is 2. The Morgan fingerprint density at radius 2 is 1.95 bits per heavy atom. The van der Waals surface area contributed by atoms with E-state index in [1.807, 2.05) is 0 Å². The third kappa shape index (κ3) is 4.87. The van der Waals surface area contributed by atoms with Crippen LogP contribution in [-0.2, 0) is 17.6 Å². The quantitative estimate of drug-likeness (QED) is 0.751. The van der Waals surface area contributed by atoms with E-state index < -0.39 is 23.8 Å². The van der Waals surface area contributed by atoms with Crippen LogP contribution in [0.2, 0.25) is 0 Å². The molecule has 3 N–H and O–H groups in total. The van der Waals surface area contributed by atoms with Crippen LogP contribution < -0.4 is 10.6 Å². The van der Waals surface area contributed by atoms with Crippen molar-refractivity contribution < 1.29 is 23.1 Å². The van der Waals surface area contributed by atoms with Crippen LogP contribution in [0.4, 0.5) is 19.0 Å². The third-order valence-corrected chi connectivity index (χ3v) is 3.03. The zero-order chi connectivity index (χ0) is 17.0. The van der Waals surface area contributed by atoms with E-state index in [0.29, 0.717) is 6.54 Å². The van der Waals surface area contributed by atoms with E-state index in [2.05, 4.69) is 15.6 Å². The molecule has 0 saturated carbocycles. The van der Waals surface area contributed by atoms with Gasteiger partial charge in [-0.15, -0.1) is 0 Å². The van der Waals surface area contributed by atoms with Gasteiger partial charge in [-0.1, -0.05) is 0 Å². The topological polar surface area (TPSA) is 74.2 Å². The molecule has 0 aliphatic rings. The first-order chi connectivity index (χ1) is 10.1. The van der Waals surface area contributed by atoms with Crippen molar-refractivity contribution in [2.75, 3.05) is 18.4 Å². The van der Waals surface area contributed by atoms with Gasteiger partial charge >= 0.3 is 6.18 Å². The Kier molecular flexibility index (Phi) is 5.76. The van der Waals surface area contributed by atoms with Crippen LogP contribution in [0.5, 0.6) is 0 Å². The largest absolute Gasteiger partial charge is 0.416 e. The van der Waals surface area contributed by atoms with Gasteiger partial charge in [0, 0.05) is 13.1 Å². The molecule has 0 saturated heterocycles. The Morgan fingerprint density at radius 1 is 1.32 bits per heavy atom. The number of hydrogen-bond donors (Lipinski definition) is 3. The average molecular weight is 319 g/mol. The molecule has 22 heavy (non-hydrogen) atoms. The smallest absolute Gasteiger partial charge is 0.390 e. The Hall–Kier alpha value is -1.83. The molecular weight excluding hydrogens is 299 g/mol. The van der Waals surface area contributed by atoms with Gasteiger partial charge in [-0.3, -0.25) is 4.79 Å². The summed E-state index contributed by atoms with van der Waals surface area (Å²) < 4.78 is 38.4. The fourth-order valence-electron chi connectivity index (χ4n) is 1.71. The highest BCUT2D eigenvalue weighted by molar-refractivity contribution is 5.82. The summed E-state index contributed by atoms with van der Waals surface area (Å²) in [5.74, 6) is -0.242. The number of halogens is 3. The van der Waals surface area contributed by atoms with E-state index in [9.17, 15) is 18.0 Å². The Balaban J connectivity index is 2.92. The number of carbonyl (C=O) groups excluding carboxylic acids is 1. The lowest BCUT2D eigenvalue weighted by atomic mass is 9.92. The van der Waals surface area contributed by atoms with Crippen LogP contribution in [0, 0.1) is 5.41 Å². The Bertz CT molecular complexity index is 531. The number of hydrogen-bond acceptors (Lipinski definition) is 4. The van der Waals surface area contributed by atoms with Crippen LogP contribution in [0.3, 0.4) is 0 Å². The van der Waals surface area contributed by atoms with Gasteiger partial charge in [0.1, 0.15) is 5.82 Å². The first kappa shape index (κ1) is 18.2. The van der Waals surface area contributed by atoms with Crippen molar-refractivity contribution in [3.05, 3.63) is 23.4 Å². The Morgan fingerprint density at radius 3 is 2.45 bits per heavy atom. The number of nitrogens with zero attached hydrogens (tertiary/aromatic N) is 1. The lowest BCUT2D eigenvalue weighted by Crippen LogP contribution is -2.41. The first-order valence-electron chi connectivity index (χ1n) is 6.81. The molecule has 124 valence electrons. The normalized spacial score (nSPS) is 12.1. The molecule has 5 nitrogen and oxygen atoms in total. The molecule has 0 spiro atoms. The molecular formula is C14H20F3N3O2. The summed E-state index contributed by atoms with van der Waals surface area (Å²) in [6.45, 7) is 5.11. The highest BCUT2D eigenvalue weighted by Gasteiger charge is 2.32. The van der Waals surface area contributed by atoms with E-state index in [-0.39, 0.29) is 24.0 Å². The van der Waals surface area contributed by atoms with Gasteiger partial charge in [-0.25, -0.2) is 4.98 Å². The highest BCUT2D eigenvalue weighted by atomic mass is 19.4. The predicted octanol–water partition coefficient (Wildman–Crippen LogP) is 2.17. The molecule has 0 atom stereocenters. The molecule has 0 aliphatic heterocycles. The van der Waals surface area contributed by atoms with Crippen molar-refractivity contribution >= 4 is 11.7 Å². The maximum atomic E-state index is 12.8. The third-order valence-electron chi connectivity index (χ3n) is 3.03. The summed E-state index contributed by atoms with van der Waals surface area (Å²) in [4.78, 5) is 15.7. The molecule has 1 amide bonds. The van der Waals surface area contributed by atoms with Gasteiger partial charge in [0.05, 0.1) is 23.3 Å². The van der Waals surface area contributed by atoms with Crippen molar-refractivity contribution in [3.63, 3.8) is 0 Å². The average Bonchev–Trinajstić information content (AvgIpc) is 2.44. The highest BCUT2D eigenvalue weighted by Crippen LogP contribution is 2.31. The zero-order valence-corrected chi connectivity index (χ0v) is 12.7. The van der Waals surface area contributed by atoms with Crippen molar-refractivity contribution in [1.29, 1.82) is 0 Å². The number of carbonyl (C=O) groups is 1. The lowest BCUT2D eigenvalue weighted by molar-refractivity contribution is -0.137. The number of aliphatic hydroxyl groups is 1. The predicted molar refractivity (Wildman–Crippen MR) is 76.1 cm³/mol. The molecule has 1 heterocycles. The monoisotopic (exact) mass is 319 g/mol. The molecule has 0 aromatic carbocycles. The van der Waals surface area contributed by atoms with Crippen LogP contribution >= 0.6 is 0 Å². The van der Waals surface area contributed by atoms with Gasteiger partial charge in [0.15, 0.2) is 0 Å². The summed E-state index contributed by atoms with van der Waals surface area (Å²) in [7, 11) is 0. The number of pyridine rings is 1. The van der Waals surface area contributed by atoms with Crippen LogP contribution in [0.25, 0.3) is 0 Å². The molecule has 0 unspecified atom stereocenters. The summed E-state index contributed by atoms with van der Waals surface area (Å²) >= 11 is 0. The molecule has 1 aromatic heterocycles. The molecule has 1 aromatic rings. The lowest BCUT2D eigenvalue weighted by Gasteiger charge is -2.24. The summed E-state index contributed by atoms with van der Waals surface area (Å²) in [5.41, 5.74) is -1.80. The summed E-state index contributed by atoms with van der Waals surface area (Å²) in [5, 5.41) is 14.4. The van der Waals surface area contributed by atoms with E-state index >= 15 is 0 Å². The number of aromatic nitrogens is 1. The second-order valence-electron chi connectivity index (χ2n) is 5.49. The van der Waals surface area contributed by atoms with E-state index in [4.69, 9.17) is 5.11 Å². The minimum absolute atomic E-state index is 0.0313. The molecule has 0 fully saturated rings. The molecule has 8 heteroatoms. The SMILES string of the molecule is CCNC(=O)C(C)(C)CNc1cc(C(F)(F)F)cc(CO)n1. The van der Waals surface area contributed by atoms with Gasteiger partial charge < -0.3 is 15.7 Å². The fourth-order valence-corrected chi connectivity index (χ4v) is 1.71. The standard InChI is InChI=1S/C14H20F3N3O2/c1-4-18-12(22)13(2,3)8-19-11-6-9(14(15,16)17)5-10(7-21)20-11/h5-6,21H,4,7-8H2,1-3H3,(H,18,22)(H,19,20). The van der Waals surface area contributed by atoms with Crippen molar-refractivity contribution in [2.24, 2.45) is 5.41 Å². The maximum absolute atomic E-state index is 12.8. The van der Waals surface area contributed by atoms with Gasteiger partial charge in [-0.05, 0) is 32.9 Å². The minimum Gasteiger partial charge on any atom is -0.390 e. The van der Waals surface area contributed by atoms with E-state index in [0.717, 1.165) is 12.1 Å². The van der Waals surface area contributed by atoms with E-state index in [1.54, 1.807) is 20.8 Å². The van der Waals surface area contributed by atoms with Crippen molar-refractivity contribution in [2.45, 2.75) is 33.6 Å². The number of aliphatic hydroxyl groups excluding tert-OH is 1. The van der Waals surface area contributed by atoms with Crippen LogP contribution in [0.15, 0.2) is 12.1 Å².